The monoisotopic (exact) mass is 611 g/mol. The van der Waals surface area contributed by atoms with Gasteiger partial charge in [0, 0.05) is 19.4 Å². The van der Waals surface area contributed by atoms with E-state index >= 15 is 0 Å². The Labute approximate surface area is 258 Å². The third kappa shape index (κ3) is 10.6. The number of benzene rings is 2. The lowest BCUT2D eigenvalue weighted by Crippen LogP contribution is -2.58. The molecule has 240 valence electrons. The quantitative estimate of drug-likeness (QED) is 0.118. The summed E-state index contributed by atoms with van der Waals surface area (Å²) in [5, 5.41) is 40.9. The summed E-state index contributed by atoms with van der Waals surface area (Å²) in [4.78, 5) is 50.3. The molecule has 2 rings (SSSR count). The van der Waals surface area contributed by atoms with Crippen molar-refractivity contribution in [3.8, 4) is 11.5 Å². The largest absolute Gasteiger partial charge is 0.504 e. The molecule has 12 nitrogen and oxygen atoms in total. The molecule has 0 saturated carbocycles. The normalized spacial score (nSPS) is 13.8. The molecule has 0 unspecified atom stereocenters. The molecule has 0 heterocycles. The molecular formula is C32H45N5O7. The average molecular weight is 612 g/mol. The van der Waals surface area contributed by atoms with Crippen molar-refractivity contribution in [3.63, 3.8) is 0 Å². The summed E-state index contributed by atoms with van der Waals surface area (Å²) in [5.74, 6) is -3.15. The summed E-state index contributed by atoms with van der Waals surface area (Å²) in [5.41, 5.74) is 4.01. The molecule has 2 aromatic carbocycles. The third-order valence-electron chi connectivity index (χ3n) is 6.96. The Hall–Kier alpha value is -4.58. The first kappa shape index (κ1) is 35.6. The number of rotatable bonds is 15. The zero-order chi connectivity index (χ0) is 33.1. The number of aromatic hydroxyl groups is 2. The molecule has 0 aliphatic carbocycles. The Kier molecular flexibility index (Phi) is 13.2. The van der Waals surface area contributed by atoms with Gasteiger partial charge in [0.25, 0.3) is 5.91 Å². The first-order valence-corrected chi connectivity index (χ1v) is 14.5. The molecule has 0 aliphatic rings. The molecular weight excluding hydrogens is 566 g/mol. The number of phenols is 2. The SMILES string of the molecule is C=C(c1ccc(O)c(O)c1)N(C[C@H](O)[C@H](Cc1ccccc1)NC(=O)[C@@H](NC(C)=O)C(C)C)NC(=O)[C@@H](NC(C)=O)C(C)C. The van der Waals surface area contributed by atoms with Gasteiger partial charge < -0.3 is 31.3 Å². The van der Waals surface area contributed by atoms with Gasteiger partial charge in [-0.25, -0.2) is 0 Å². The zero-order valence-corrected chi connectivity index (χ0v) is 26.1. The fourth-order valence-corrected chi connectivity index (χ4v) is 4.53. The summed E-state index contributed by atoms with van der Waals surface area (Å²) in [7, 11) is 0. The van der Waals surface area contributed by atoms with Gasteiger partial charge in [-0.1, -0.05) is 64.6 Å². The maximum atomic E-state index is 13.4. The Balaban J connectivity index is 2.47. The van der Waals surface area contributed by atoms with Crippen LogP contribution >= 0.6 is 0 Å². The van der Waals surface area contributed by atoms with Crippen LogP contribution in [-0.2, 0) is 25.6 Å². The van der Waals surface area contributed by atoms with Crippen LogP contribution in [0.25, 0.3) is 5.70 Å². The van der Waals surface area contributed by atoms with Gasteiger partial charge in [0.2, 0.25) is 17.7 Å². The smallest absolute Gasteiger partial charge is 0.261 e. The number of carbonyl (C=O) groups is 4. The fourth-order valence-electron chi connectivity index (χ4n) is 4.53. The van der Waals surface area contributed by atoms with Crippen molar-refractivity contribution >= 4 is 29.3 Å². The Bertz CT molecular complexity index is 1320. The maximum absolute atomic E-state index is 13.4. The third-order valence-corrected chi connectivity index (χ3v) is 6.96. The van der Waals surface area contributed by atoms with Gasteiger partial charge in [0.05, 0.1) is 24.4 Å². The lowest BCUT2D eigenvalue weighted by Gasteiger charge is -2.35. The van der Waals surface area contributed by atoms with Gasteiger partial charge in [0.15, 0.2) is 11.5 Å². The molecule has 4 atom stereocenters. The van der Waals surface area contributed by atoms with Crippen LogP contribution in [0.3, 0.4) is 0 Å². The van der Waals surface area contributed by atoms with E-state index in [1.807, 2.05) is 30.3 Å². The number of phenolic OH excluding ortho intramolecular Hbond substituents is 2. The van der Waals surface area contributed by atoms with E-state index in [9.17, 15) is 34.5 Å². The van der Waals surface area contributed by atoms with Gasteiger partial charge in [-0.3, -0.25) is 29.6 Å². The number of amides is 4. The minimum absolute atomic E-state index is 0.154. The fraction of sp³-hybridized carbons (Fsp3) is 0.438. The predicted octanol–water partition coefficient (Wildman–Crippen LogP) is 1.81. The highest BCUT2D eigenvalue weighted by Crippen LogP contribution is 2.29. The minimum atomic E-state index is -1.30. The number of carbonyl (C=O) groups excluding carboxylic acids is 4. The Morgan fingerprint density at radius 3 is 1.84 bits per heavy atom. The standard InChI is InChI=1S/C32H45N5O7/c1-18(2)29(33-21(6)38)31(43)35-25(15-23-11-9-8-10-12-23)28(42)17-37(20(5)24-13-14-26(40)27(41)16-24)36-32(44)30(19(3)4)34-22(7)39/h8-14,16,18-19,25,28-30,40-42H,5,15,17H2,1-4,6-7H3,(H,33,38)(H,34,39)(H,35,43)(H,36,44)/t25-,28-,29-,30-/m0/s1. The van der Waals surface area contributed by atoms with E-state index in [-0.39, 0.29) is 42.2 Å². The lowest BCUT2D eigenvalue weighted by atomic mass is 9.98. The summed E-state index contributed by atoms with van der Waals surface area (Å²) in [6.45, 7) is 13.5. The van der Waals surface area contributed by atoms with Crippen LogP contribution in [0.4, 0.5) is 0 Å². The highest BCUT2D eigenvalue weighted by Gasteiger charge is 2.32. The van der Waals surface area contributed by atoms with Crippen LogP contribution in [0.1, 0.15) is 52.7 Å². The van der Waals surface area contributed by atoms with Gasteiger partial charge in [-0.2, -0.15) is 0 Å². The van der Waals surface area contributed by atoms with E-state index < -0.39 is 47.7 Å². The van der Waals surface area contributed by atoms with Crippen LogP contribution in [0.5, 0.6) is 11.5 Å². The van der Waals surface area contributed by atoms with E-state index in [4.69, 9.17) is 0 Å². The van der Waals surface area contributed by atoms with Crippen molar-refractivity contribution in [2.24, 2.45) is 11.8 Å². The molecule has 0 saturated heterocycles. The van der Waals surface area contributed by atoms with Gasteiger partial charge in [0.1, 0.15) is 12.1 Å². The molecule has 44 heavy (non-hydrogen) atoms. The van der Waals surface area contributed by atoms with Gasteiger partial charge in [-0.05, 0) is 42.0 Å². The molecule has 2 aromatic rings. The molecule has 0 aliphatic heterocycles. The minimum Gasteiger partial charge on any atom is -0.504 e. The molecule has 7 N–H and O–H groups in total. The number of aliphatic hydroxyl groups is 1. The predicted molar refractivity (Wildman–Crippen MR) is 167 cm³/mol. The number of aliphatic hydroxyl groups excluding tert-OH is 1. The zero-order valence-electron chi connectivity index (χ0n) is 26.1. The van der Waals surface area contributed by atoms with Crippen LogP contribution in [-0.4, -0.2) is 74.7 Å². The molecule has 0 aromatic heterocycles. The number of hydrogen-bond acceptors (Lipinski definition) is 8. The summed E-state index contributed by atoms with van der Waals surface area (Å²) < 4.78 is 0. The highest BCUT2D eigenvalue weighted by atomic mass is 16.3. The second kappa shape index (κ2) is 16.3. The summed E-state index contributed by atoms with van der Waals surface area (Å²) in [6.07, 6.45) is -1.08. The average Bonchev–Trinajstić information content (AvgIpc) is 2.94. The highest BCUT2D eigenvalue weighted by molar-refractivity contribution is 5.88. The van der Waals surface area contributed by atoms with Crippen LogP contribution in [0.15, 0.2) is 55.1 Å². The molecule has 12 heteroatoms. The van der Waals surface area contributed by atoms with Crippen molar-refractivity contribution in [3.05, 3.63) is 66.2 Å². The maximum Gasteiger partial charge on any atom is 0.261 e. The number of hydrazine groups is 1. The van der Waals surface area contributed by atoms with Crippen molar-refractivity contribution in [2.75, 3.05) is 6.54 Å². The molecule has 0 radical (unpaired) electrons. The van der Waals surface area contributed by atoms with Crippen molar-refractivity contribution in [2.45, 2.75) is 72.2 Å². The molecule has 0 spiro atoms. The van der Waals surface area contributed by atoms with E-state index in [1.54, 1.807) is 27.7 Å². The number of nitrogens with zero attached hydrogens (tertiary/aromatic N) is 1. The number of hydrogen-bond donors (Lipinski definition) is 7. The van der Waals surface area contributed by atoms with Crippen LogP contribution in [0, 0.1) is 11.8 Å². The molecule has 0 fully saturated rings. The van der Waals surface area contributed by atoms with Crippen molar-refractivity contribution in [1.29, 1.82) is 0 Å². The molecule has 0 bridgehead atoms. The van der Waals surface area contributed by atoms with Crippen LogP contribution < -0.4 is 21.4 Å². The topological polar surface area (TPSA) is 180 Å². The Morgan fingerprint density at radius 1 is 0.795 bits per heavy atom. The second-order valence-electron chi connectivity index (χ2n) is 11.5. The van der Waals surface area contributed by atoms with Crippen LogP contribution in [0.2, 0.25) is 0 Å². The number of nitrogens with one attached hydrogen (secondary N) is 4. The van der Waals surface area contributed by atoms with E-state index in [1.165, 1.54) is 37.1 Å². The molecule has 4 amide bonds. The Morgan fingerprint density at radius 2 is 1.34 bits per heavy atom. The first-order chi connectivity index (χ1) is 20.6. The van der Waals surface area contributed by atoms with Gasteiger partial charge in [-0.15, -0.1) is 0 Å². The summed E-state index contributed by atoms with van der Waals surface area (Å²) >= 11 is 0. The van der Waals surface area contributed by atoms with Crippen molar-refractivity contribution in [1.82, 2.24) is 26.4 Å². The summed E-state index contributed by atoms with van der Waals surface area (Å²) in [6, 6.07) is 10.5. The van der Waals surface area contributed by atoms with E-state index in [2.05, 4.69) is 28.0 Å². The van der Waals surface area contributed by atoms with Gasteiger partial charge >= 0.3 is 0 Å². The van der Waals surface area contributed by atoms with E-state index in [0.29, 0.717) is 5.56 Å². The first-order valence-electron chi connectivity index (χ1n) is 14.5. The van der Waals surface area contributed by atoms with E-state index in [0.717, 1.165) is 5.56 Å². The lowest BCUT2D eigenvalue weighted by molar-refractivity contribution is -0.132. The van der Waals surface area contributed by atoms with Crippen molar-refractivity contribution < 1.29 is 34.5 Å². The second-order valence-corrected chi connectivity index (χ2v) is 11.5.